The van der Waals surface area contributed by atoms with E-state index in [0.717, 1.165) is 18.5 Å². The van der Waals surface area contributed by atoms with Gasteiger partial charge in [-0.1, -0.05) is 23.8 Å². The highest BCUT2D eigenvalue weighted by molar-refractivity contribution is 5.51. The van der Waals surface area contributed by atoms with Crippen LogP contribution < -0.4 is 10.1 Å². The van der Waals surface area contributed by atoms with Crippen molar-refractivity contribution in [2.75, 3.05) is 13.7 Å². The van der Waals surface area contributed by atoms with Gasteiger partial charge >= 0.3 is 0 Å². The molecular weight excluding hydrogens is 262 g/mol. The van der Waals surface area contributed by atoms with Gasteiger partial charge < -0.3 is 15.2 Å². The van der Waals surface area contributed by atoms with E-state index in [0.29, 0.717) is 5.75 Å². The standard InChI is InChI=1S/C18H21NO2/c1-11-4-5-14(12(2)8-11)18-15-10-16(20)17(21-3)9-13(15)6-7-19-18/h4-5,8-10,18-20H,6-7H2,1-3H3. The molecule has 0 saturated heterocycles. The summed E-state index contributed by atoms with van der Waals surface area (Å²) < 4.78 is 5.22. The molecule has 0 aliphatic carbocycles. The number of rotatable bonds is 2. The Balaban J connectivity index is 2.10. The zero-order valence-electron chi connectivity index (χ0n) is 12.7. The molecule has 2 aromatic rings. The van der Waals surface area contributed by atoms with Gasteiger partial charge in [0.25, 0.3) is 0 Å². The molecule has 1 aliphatic rings. The number of aryl methyl sites for hydroxylation is 2. The van der Waals surface area contributed by atoms with Crippen LogP contribution in [0.25, 0.3) is 0 Å². The summed E-state index contributed by atoms with van der Waals surface area (Å²) in [5.74, 6) is 0.754. The molecular formula is C18H21NO2. The number of fused-ring (bicyclic) bond motifs is 1. The number of benzene rings is 2. The average molecular weight is 283 g/mol. The van der Waals surface area contributed by atoms with Gasteiger partial charge in [0.1, 0.15) is 0 Å². The molecule has 3 rings (SSSR count). The van der Waals surface area contributed by atoms with Crippen LogP contribution in [0.3, 0.4) is 0 Å². The summed E-state index contributed by atoms with van der Waals surface area (Å²) in [4.78, 5) is 0. The number of aromatic hydroxyl groups is 1. The maximum atomic E-state index is 10.1. The molecule has 1 atom stereocenters. The molecule has 0 saturated carbocycles. The molecule has 0 radical (unpaired) electrons. The highest BCUT2D eigenvalue weighted by Gasteiger charge is 2.24. The minimum Gasteiger partial charge on any atom is -0.504 e. The lowest BCUT2D eigenvalue weighted by atomic mass is 9.87. The minimum atomic E-state index is 0.131. The Morgan fingerprint density at radius 2 is 1.95 bits per heavy atom. The van der Waals surface area contributed by atoms with Gasteiger partial charge in [-0.2, -0.15) is 0 Å². The first-order chi connectivity index (χ1) is 10.1. The summed E-state index contributed by atoms with van der Waals surface area (Å²) in [6.07, 6.45) is 0.952. The Hall–Kier alpha value is -2.00. The molecule has 21 heavy (non-hydrogen) atoms. The van der Waals surface area contributed by atoms with E-state index in [2.05, 4.69) is 37.4 Å². The Kier molecular flexibility index (Phi) is 3.60. The Morgan fingerprint density at radius 1 is 1.14 bits per heavy atom. The Morgan fingerprint density at radius 3 is 2.67 bits per heavy atom. The van der Waals surface area contributed by atoms with Crippen molar-refractivity contribution < 1.29 is 9.84 Å². The summed E-state index contributed by atoms with van der Waals surface area (Å²) in [5, 5.41) is 13.7. The van der Waals surface area contributed by atoms with Crippen LogP contribution >= 0.6 is 0 Å². The number of nitrogens with one attached hydrogen (secondary N) is 1. The molecule has 0 amide bonds. The molecule has 2 N–H and O–H groups in total. The molecule has 0 fully saturated rings. The highest BCUT2D eigenvalue weighted by Crippen LogP contribution is 2.37. The van der Waals surface area contributed by atoms with E-state index in [4.69, 9.17) is 4.74 Å². The third-order valence-electron chi connectivity index (χ3n) is 4.23. The largest absolute Gasteiger partial charge is 0.504 e. The van der Waals surface area contributed by atoms with E-state index in [1.807, 2.05) is 12.1 Å². The zero-order chi connectivity index (χ0) is 15.0. The van der Waals surface area contributed by atoms with E-state index in [-0.39, 0.29) is 11.8 Å². The quantitative estimate of drug-likeness (QED) is 0.889. The monoisotopic (exact) mass is 283 g/mol. The van der Waals surface area contributed by atoms with E-state index in [1.165, 1.54) is 22.3 Å². The summed E-state index contributed by atoms with van der Waals surface area (Å²) in [7, 11) is 1.59. The van der Waals surface area contributed by atoms with Crippen molar-refractivity contribution in [1.29, 1.82) is 0 Å². The average Bonchev–Trinajstić information content (AvgIpc) is 2.46. The van der Waals surface area contributed by atoms with Gasteiger partial charge in [0.2, 0.25) is 0 Å². The van der Waals surface area contributed by atoms with Crippen molar-refractivity contribution in [2.45, 2.75) is 26.3 Å². The van der Waals surface area contributed by atoms with Gasteiger partial charge in [0.15, 0.2) is 11.5 Å². The third kappa shape index (κ3) is 2.49. The van der Waals surface area contributed by atoms with Crippen molar-refractivity contribution in [1.82, 2.24) is 5.32 Å². The lowest BCUT2D eigenvalue weighted by Gasteiger charge is -2.29. The van der Waals surface area contributed by atoms with Crippen LogP contribution in [0, 0.1) is 13.8 Å². The number of phenolic OH excluding ortho intramolecular Hbond substituents is 1. The van der Waals surface area contributed by atoms with Gasteiger partial charge in [-0.25, -0.2) is 0 Å². The van der Waals surface area contributed by atoms with E-state index in [1.54, 1.807) is 7.11 Å². The maximum Gasteiger partial charge on any atom is 0.160 e. The first-order valence-electron chi connectivity index (χ1n) is 7.30. The van der Waals surface area contributed by atoms with Crippen molar-refractivity contribution in [3.63, 3.8) is 0 Å². The smallest absolute Gasteiger partial charge is 0.160 e. The number of methoxy groups -OCH3 is 1. The summed E-state index contributed by atoms with van der Waals surface area (Å²) >= 11 is 0. The van der Waals surface area contributed by atoms with Crippen LogP contribution in [-0.2, 0) is 6.42 Å². The number of phenols is 1. The zero-order valence-corrected chi connectivity index (χ0v) is 12.7. The number of hydrogen-bond acceptors (Lipinski definition) is 3. The molecule has 3 heteroatoms. The Labute approximate surface area is 125 Å². The fourth-order valence-electron chi connectivity index (χ4n) is 3.16. The first kappa shape index (κ1) is 14.0. The summed E-state index contributed by atoms with van der Waals surface area (Å²) in [6, 6.07) is 10.5. The second-order valence-corrected chi connectivity index (χ2v) is 5.72. The van der Waals surface area contributed by atoms with Crippen LogP contribution in [0.5, 0.6) is 11.5 Å². The van der Waals surface area contributed by atoms with Crippen LogP contribution in [-0.4, -0.2) is 18.8 Å². The molecule has 2 aromatic carbocycles. The third-order valence-corrected chi connectivity index (χ3v) is 4.23. The van der Waals surface area contributed by atoms with Crippen LogP contribution in [0.2, 0.25) is 0 Å². The molecule has 1 unspecified atom stereocenters. The van der Waals surface area contributed by atoms with Gasteiger partial charge in [-0.15, -0.1) is 0 Å². The lowest BCUT2D eigenvalue weighted by Crippen LogP contribution is -2.31. The summed E-state index contributed by atoms with van der Waals surface area (Å²) in [6.45, 7) is 5.18. The lowest BCUT2D eigenvalue weighted by molar-refractivity contribution is 0.371. The fourth-order valence-corrected chi connectivity index (χ4v) is 3.16. The fraction of sp³-hybridized carbons (Fsp3) is 0.333. The maximum absolute atomic E-state index is 10.1. The van der Waals surface area contributed by atoms with E-state index >= 15 is 0 Å². The topological polar surface area (TPSA) is 41.5 Å². The molecule has 1 aliphatic heterocycles. The van der Waals surface area contributed by atoms with E-state index in [9.17, 15) is 5.11 Å². The SMILES string of the molecule is COc1cc2c(cc1O)C(c1ccc(C)cc1C)NCC2. The van der Waals surface area contributed by atoms with Crippen molar-refractivity contribution >= 4 is 0 Å². The van der Waals surface area contributed by atoms with Gasteiger partial charge in [-0.3, -0.25) is 0 Å². The van der Waals surface area contributed by atoms with Crippen molar-refractivity contribution in [3.05, 3.63) is 58.1 Å². The normalized spacial score (nSPS) is 17.4. The molecule has 110 valence electrons. The predicted octanol–water partition coefficient (Wildman–Crippen LogP) is 3.25. The van der Waals surface area contributed by atoms with Gasteiger partial charge in [-0.05, 0) is 54.7 Å². The second-order valence-electron chi connectivity index (χ2n) is 5.72. The molecule has 0 bridgehead atoms. The molecule has 0 aromatic heterocycles. The van der Waals surface area contributed by atoms with Gasteiger partial charge in [0.05, 0.1) is 13.2 Å². The Bertz CT molecular complexity index is 679. The van der Waals surface area contributed by atoms with Crippen LogP contribution in [0.4, 0.5) is 0 Å². The number of hydrogen-bond donors (Lipinski definition) is 2. The van der Waals surface area contributed by atoms with Gasteiger partial charge in [0, 0.05) is 6.54 Å². The molecule has 3 nitrogen and oxygen atoms in total. The van der Waals surface area contributed by atoms with E-state index < -0.39 is 0 Å². The number of ether oxygens (including phenoxy) is 1. The summed E-state index contributed by atoms with van der Waals surface area (Å²) in [5.41, 5.74) is 6.20. The highest BCUT2D eigenvalue weighted by atomic mass is 16.5. The van der Waals surface area contributed by atoms with Crippen molar-refractivity contribution in [3.8, 4) is 11.5 Å². The molecule has 1 heterocycles. The molecule has 0 spiro atoms. The van der Waals surface area contributed by atoms with Crippen LogP contribution in [0.1, 0.15) is 33.9 Å². The second kappa shape index (κ2) is 5.41. The minimum absolute atomic E-state index is 0.131. The van der Waals surface area contributed by atoms with Crippen molar-refractivity contribution in [2.24, 2.45) is 0 Å². The van der Waals surface area contributed by atoms with Crippen LogP contribution in [0.15, 0.2) is 30.3 Å². The first-order valence-corrected chi connectivity index (χ1v) is 7.30. The predicted molar refractivity (Wildman–Crippen MR) is 84.1 cm³/mol.